The molecule has 1 aliphatic rings. The number of guanidine groups is 1. The molecule has 5 rings (SSSR count). The molecule has 0 saturated heterocycles. The number of nitrogens with zero attached hydrogens (tertiary/aromatic N) is 3. The summed E-state index contributed by atoms with van der Waals surface area (Å²) in [4.78, 5) is 34.4. The number of amides is 3. The van der Waals surface area contributed by atoms with Crippen molar-refractivity contribution in [2.45, 2.75) is 44.6 Å². The number of carbonyl (C=O) groups excluding carboxylic acids is 2. The van der Waals surface area contributed by atoms with Crippen LogP contribution < -0.4 is 21.5 Å². The predicted octanol–water partition coefficient (Wildman–Crippen LogP) is 5.12. The average molecular weight is 523 g/mol. The van der Waals surface area contributed by atoms with Gasteiger partial charge in [0.15, 0.2) is 0 Å². The van der Waals surface area contributed by atoms with E-state index in [1.807, 2.05) is 42.6 Å². The predicted molar refractivity (Wildman–Crippen MR) is 153 cm³/mol. The summed E-state index contributed by atoms with van der Waals surface area (Å²) in [6, 6.07) is 22.7. The van der Waals surface area contributed by atoms with Crippen LogP contribution in [0.3, 0.4) is 0 Å². The fourth-order valence-corrected chi connectivity index (χ4v) is 5.10. The summed E-state index contributed by atoms with van der Waals surface area (Å²) in [6.45, 7) is 0.305. The number of aromatic nitrogens is 1. The van der Waals surface area contributed by atoms with Gasteiger partial charge in [-0.3, -0.25) is 9.69 Å². The molecule has 1 saturated carbocycles. The molecule has 0 bridgehead atoms. The zero-order valence-electron chi connectivity index (χ0n) is 21.6. The summed E-state index contributed by atoms with van der Waals surface area (Å²) in [6.07, 6.45) is 8.14. The SMILES string of the molecule is NC(N=[NH2+])=NC(=O)c1ccc(CN(C(=O)Nc2ccc3[nH]ccc3c2)c2ccc(C3CCCCC3)cc2)cc1. The summed E-state index contributed by atoms with van der Waals surface area (Å²) >= 11 is 0. The maximum atomic E-state index is 13.6. The lowest BCUT2D eigenvalue weighted by Crippen LogP contribution is -2.34. The molecule has 0 unspecified atom stereocenters. The number of rotatable bonds is 6. The molecule has 3 amide bonds. The third-order valence-corrected chi connectivity index (χ3v) is 7.22. The van der Waals surface area contributed by atoms with Gasteiger partial charge in [0, 0.05) is 39.2 Å². The summed E-state index contributed by atoms with van der Waals surface area (Å²) in [5.74, 6) is -0.250. The van der Waals surface area contributed by atoms with Gasteiger partial charge in [-0.2, -0.15) is 4.99 Å². The van der Waals surface area contributed by atoms with Crippen LogP contribution in [0.2, 0.25) is 0 Å². The number of nitrogens with one attached hydrogen (secondary N) is 2. The maximum Gasteiger partial charge on any atom is 0.326 e. The number of benzene rings is 3. The minimum absolute atomic E-state index is 0.252. The van der Waals surface area contributed by atoms with Crippen molar-refractivity contribution in [3.05, 3.63) is 95.7 Å². The van der Waals surface area contributed by atoms with E-state index in [4.69, 9.17) is 11.3 Å². The molecule has 0 radical (unpaired) electrons. The van der Waals surface area contributed by atoms with Gasteiger partial charge in [0.05, 0.1) is 6.54 Å². The van der Waals surface area contributed by atoms with Gasteiger partial charge in [0.25, 0.3) is 11.9 Å². The Balaban J connectivity index is 1.39. The first kappa shape index (κ1) is 25.8. The van der Waals surface area contributed by atoms with Crippen molar-refractivity contribution in [3.63, 3.8) is 0 Å². The molecule has 39 heavy (non-hydrogen) atoms. The minimum atomic E-state index is -0.540. The maximum absolute atomic E-state index is 13.6. The smallest absolute Gasteiger partial charge is 0.326 e. The van der Waals surface area contributed by atoms with E-state index in [9.17, 15) is 9.59 Å². The van der Waals surface area contributed by atoms with E-state index in [2.05, 4.69) is 32.5 Å². The van der Waals surface area contributed by atoms with Gasteiger partial charge in [0.2, 0.25) is 0 Å². The highest BCUT2D eigenvalue weighted by atomic mass is 16.2. The van der Waals surface area contributed by atoms with E-state index in [0.29, 0.717) is 23.7 Å². The quantitative estimate of drug-likeness (QED) is 0.159. The van der Waals surface area contributed by atoms with Crippen molar-refractivity contribution < 1.29 is 15.1 Å². The number of carbonyl (C=O) groups is 2. The van der Waals surface area contributed by atoms with E-state index in [1.165, 1.54) is 37.7 Å². The van der Waals surface area contributed by atoms with Crippen molar-refractivity contribution >= 4 is 40.2 Å². The first-order valence-corrected chi connectivity index (χ1v) is 13.1. The number of hydrogen-bond donors (Lipinski definition) is 4. The molecule has 0 atom stereocenters. The van der Waals surface area contributed by atoms with E-state index < -0.39 is 5.91 Å². The molecule has 4 aromatic rings. The number of aromatic amines is 1. The van der Waals surface area contributed by atoms with Gasteiger partial charge in [-0.1, -0.05) is 43.5 Å². The number of hydrogen-bond acceptors (Lipinski definition) is 2. The van der Waals surface area contributed by atoms with E-state index >= 15 is 0 Å². The van der Waals surface area contributed by atoms with Gasteiger partial charge < -0.3 is 16.0 Å². The van der Waals surface area contributed by atoms with Crippen molar-refractivity contribution in [2.75, 3.05) is 10.2 Å². The highest BCUT2D eigenvalue weighted by Crippen LogP contribution is 2.33. The number of urea groups is 1. The van der Waals surface area contributed by atoms with Crippen LogP contribution in [0.25, 0.3) is 10.9 Å². The Morgan fingerprint density at radius 2 is 1.72 bits per heavy atom. The van der Waals surface area contributed by atoms with Crippen molar-refractivity contribution in [1.29, 1.82) is 0 Å². The van der Waals surface area contributed by atoms with E-state index in [0.717, 1.165) is 22.2 Å². The topological polar surface area (TPSA) is 142 Å². The Morgan fingerprint density at radius 1 is 0.974 bits per heavy atom. The molecule has 1 heterocycles. The molecule has 3 aromatic carbocycles. The van der Waals surface area contributed by atoms with Crippen LogP contribution in [-0.4, -0.2) is 22.9 Å². The molecule has 1 fully saturated rings. The second-order valence-electron chi connectivity index (χ2n) is 9.82. The number of fused-ring (bicyclic) bond motifs is 1. The number of nitrogens with two attached hydrogens (primary N) is 2. The zero-order chi connectivity index (χ0) is 27.2. The Kier molecular flexibility index (Phi) is 7.77. The molecule has 9 nitrogen and oxygen atoms in total. The first-order valence-electron chi connectivity index (χ1n) is 13.1. The van der Waals surface area contributed by atoms with Crippen LogP contribution in [0.1, 0.15) is 59.5 Å². The number of H-pyrrole nitrogens is 1. The third-order valence-electron chi connectivity index (χ3n) is 7.22. The van der Waals surface area contributed by atoms with Crippen LogP contribution in [-0.2, 0) is 6.54 Å². The Bertz CT molecular complexity index is 1500. The van der Waals surface area contributed by atoms with Gasteiger partial charge in [-0.15, -0.1) is 5.53 Å². The molecule has 1 aliphatic carbocycles. The van der Waals surface area contributed by atoms with Gasteiger partial charge in [0.1, 0.15) is 0 Å². The fourth-order valence-electron chi connectivity index (χ4n) is 5.10. The monoisotopic (exact) mass is 522 g/mol. The Hall–Kier alpha value is -4.79. The van der Waals surface area contributed by atoms with Crippen LogP contribution in [0.4, 0.5) is 16.2 Å². The van der Waals surface area contributed by atoms with Crippen molar-refractivity contribution in [1.82, 2.24) is 4.98 Å². The zero-order valence-corrected chi connectivity index (χ0v) is 21.6. The van der Waals surface area contributed by atoms with Crippen LogP contribution in [0.15, 0.2) is 89.1 Å². The molecule has 1 aromatic heterocycles. The lowest BCUT2D eigenvalue weighted by atomic mass is 9.84. The second kappa shape index (κ2) is 11.7. The summed E-state index contributed by atoms with van der Waals surface area (Å²) in [5, 5.41) is 7.26. The molecule has 0 spiro atoms. The van der Waals surface area contributed by atoms with Gasteiger partial charge in [-0.05, 0) is 78.4 Å². The summed E-state index contributed by atoms with van der Waals surface area (Å²) in [5.41, 5.74) is 15.5. The second-order valence-corrected chi connectivity index (χ2v) is 9.82. The molecule has 198 valence electrons. The van der Waals surface area contributed by atoms with Crippen LogP contribution in [0.5, 0.6) is 0 Å². The Labute approximate surface area is 226 Å². The summed E-state index contributed by atoms with van der Waals surface area (Å²) < 4.78 is 0. The Morgan fingerprint density at radius 3 is 2.44 bits per heavy atom. The highest BCUT2D eigenvalue weighted by molar-refractivity contribution is 6.03. The van der Waals surface area contributed by atoms with Gasteiger partial charge in [-0.25, -0.2) is 4.79 Å². The molecule has 0 aliphatic heterocycles. The molecule has 9 heteroatoms. The minimum Gasteiger partial charge on any atom is -0.363 e. The molecular weight excluding hydrogens is 490 g/mol. The lowest BCUT2D eigenvalue weighted by Gasteiger charge is -2.26. The molecule has 6 N–H and O–H groups in total. The van der Waals surface area contributed by atoms with Crippen molar-refractivity contribution in [3.8, 4) is 0 Å². The molecular formula is C30H32N7O2+. The van der Waals surface area contributed by atoms with Gasteiger partial charge >= 0.3 is 6.03 Å². The average Bonchev–Trinajstić information content (AvgIpc) is 3.44. The third kappa shape index (κ3) is 6.20. The standard InChI is InChI=1S/C30H31N7O2/c31-29(36-32)35-28(38)23-8-6-20(7-9-23)19-37(26-13-10-22(11-14-26)21-4-2-1-3-5-21)30(39)34-25-12-15-27-24(18-25)16-17-33-27/h6-18,21,32-33H,1-5,19H2,(H,34,39)(H2,31,35,38)/p+1. The number of aliphatic imine (C=N–C) groups is 1. The highest BCUT2D eigenvalue weighted by Gasteiger charge is 2.20. The lowest BCUT2D eigenvalue weighted by molar-refractivity contribution is -0.207. The van der Waals surface area contributed by atoms with E-state index in [1.54, 1.807) is 29.2 Å². The van der Waals surface area contributed by atoms with Crippen LogP contribution in [0, 0.1) is 0 Å². The largest absolute Gasteiger partial charge is 0.363 e. The number of anilines is 2. The summed E-state index contributed by atoms with van der Waals surface area (Å²) in [7, 11) is 0. The van der Waals surface area contributed by atoms with E-state index in [-0.39, 0.29) is 12.0 Å². The normalized spacial score (nSPS) is 14.2. The van der Waals surface area contributed by atoms with Crippen molar-refractivity contribution in [2.24, 2.45) is 15.8 Å². The first-order chi connectivity index (χ1) is 19.0. The van der Waals surface area contributed by atoms with Crippen LogP contribution >= 0.6 is 0 Å². The fraction of sp³-hybridized carbons (Fsp3) is 0.233.